The van der Waals surface area contributed by atoms with Gasteiger partial charge in [-0.05, 0) is 43.3 Å². The van der Waals surface area contributed by atoms with Crippen molar-refractivity contribution < 1.29 is 19.0 Å². The SMILES string of the molecule is CCOc1ccc(Oc2cccc(F)c2CO)cc1. The molecule has 2 rings (SSSR count). The number of ether oxygens (including phenoxy) is 2. The second-order valence-corrected chi connectivity index (χ2v) is 3.88. The lowest BCUT2D eigenvalue weighted by Crippen LogP contribution is -1.95. The zero-order valence-corrected chi connectivity index (χ0v) is 10.6. The van der Waals surface area contributed by atoms with Gasteiger partial charge in [0.05, 0.1) is 18.8 Å². The third-order valence-corrected chi connectivity index (χ3v) is 2.60. The van der Waals surface area contributed by atoms with Crippen LogP contribution in [-0.4, -0.2) is 11.7 Å². The highest BCUT2D eigenvalue weighted by Crippen LogP contribution is 2.28. The standard InChI is InChI=1S/C15H15FO3/c1-2-18-11-6-8-12(9-7-11)19-15-5-3-4-14(16)13(15)10-17/h3-9,17H,2,10H2,1H3. The molecule has 0 atom stereocenters. The van der Waals surface area contributed by atoms with Crippen LogP contribution in [0.4, 0.5) is 4.39 Å². The normalized spacial score (nSPS) is 10.3. The van der Waals surface area contributed by atoms with Crippen LogP contribution >= 0.6 is 0 Å². The molecule has 0 aliphatic heterocycles. The van der Waals surface area contributed by atoms with Crippen molar-refractivity contribution in [1.82, 2.24) is 0 Å². The van der Waals surface area contributed by atoms with Crippen molar-refractivity contribution in [2.45, 2.75) is 13.5 Å². The first-order chi connectivity index (χ1) is 9.24. The maximum Gasteiger partial charge on any atom is 0.135 e. The molecular formula is C15H15FO3. The van der Waals surface area contributed by atoms with Gasteiger partial charge in [-0.1, -0.05) is 6.07 Å². The molecule has 0 fully saturated rings. The van der Waals surface area contributed by atoms with E-state index in [9.17, 15) is 4.39 Å². The summed E-state index contributed by atoms with van der Waals surface area (Å²) in [6.45, 7) is 2.10. The fourth-order valence-electron chi connectivity index (χ4n) is 1.69. The third-order valence-electron chi connectivity index (χ3n) is 2.60. The second kappa shape index (κ2) is 6.20. The Hall–Kier alpha value is -2.07. The summed E-state index contributed by atoms with van der Waals surface area (Å²) in [5, 5.41) is 9.15. The molecule has 0 radical (unpaired) electrons. The molecule has 1 N–H and O–H groups in total. The molecule has 2 aromatic rings. The van der Waals surface area contributed by atoms with Crippen molar-refractivity contribution in [1.29, 1.82) is 0 Å². The van der Waals surface area contributed by atoms with E-state index in [2.05, 4.69) is 0 Å². The molecule has 3 nitrogen and oxygen atoms in total. The molecule has 100 valence electrons. The van der Waals surface area contributed by atoms with E-state index in [1.54, 1.807) is 36.4 Å². The molecule has 19 heavy (non-hydrogen) atoms. The molecule has 0 aliphatic rings. The van der Waals surface area contributed by atoms with Crippen LogP contribution in [0.2, 0.25) is 0 Å². The van der Waals surface area contributed by atoms with Crippen molar-refractivity contribution >= 4 is 0 Å². The molecule has 4 heteroatoms. The molecule has 0 bridgehead atoms. The van der Waals surface area contributed by atoms with E-state index in [4.69, 9.17) is 14.6 Å². The molecular weight excluding hydrogens is 247 g/mol. The number of hydrogen-bond donors (Lipinski definition) is 1. The quantitative estimate of drug-likeness (QED) is 0.896. The number of halogens is 1. The Bertz CT molecular complexity index is 538. The van der Waals surface area contributed by atoms with Gasteiger partial charge in [0.2, 0.25) is 0 Å². The fraction of sp³-hybridized carbons (Fsp3) is 0.200. The highest BCUT2D eigenvalue weighted by molar-refractivity contribution is 5.39. The molecule has 0 saturated heterocycles. The number of aliphatic hydroxyl groups is 1. The van der Waals surface area contributed by atoms with E-state index in [0.29, 0.717) is 18.1 Å². The van der Waals surface area contributed by atoms with Gasteiger partial charge in [0.1, 0.15) is 23.1 Å². The van der Waals surface area contributed by atoms with E-state index >= 15 is 0 Å². The van der Waals surface area contributed by atoms with Crippen LogP contribution in [0, 0.1) is 5.82 Å². The summed E-state index contributed by atoms with van der Waals surface area (Å²) < 4.78 is 24.3. The van der Waals surface area contributed by atoms with E-state index in [1.807, 2.05) is 6.92 Å². The maximum atomic E-state index is 13.5. The molecule has 0 aliphatic carbocycles. The van der Waals surface area contributed by atoms with Gasteiger partial charge in [-0.2, -0.15) is 0 Å². The van der Waals surface area contributed by atoms with E-state index in [-0.39, 0.29) is 5.56 Å². The topological polar surface area (TPSA) is 38.7 Å². The van der Waals surface area contributed by atoms with E-state index in [0.717, 1.165) is 5.75 Å². The highest BCUT2D eigenvalue weighted by atomic mass is 19.1. The number of aliphatic hydroxyl groups excluding tert-OH is 1. The monoisotopic (exact) mass is 262 g/mol. The van der Waals surface area contributed by atoms with Crippen molar-refractivity contribution in [2.24, 2.45) is 0 Å². The van der Waals surface area contributed by atoms with Gasteiger partial charge in [-0.15, -0.1) is 0 Å². The minimum Gasteiger partial charge on any atom is -0.494 e. The van der Waals surface area contributed by atoms with Gasteiger partial charge >= 0.3 is 0 Å². The summed E-state index contributed by atoms with van der Waals surface area (Å²) in [5.74, 6) is 1.14. The van der Waals surface area contributed by atoms with Crippen molar-refractivity contribution in [2.75, 3.05) is 6.61 Å². The number of rotatable bonds is 5. The van der Waals surface area contributed by atoms with Crippen LogP contribution in [0.5, 0.6) is 17.2 Å². The molecule has 0 unspecified atom stereocenters. The molecule has 0 heterocycles. The minimum atomic E-state index is -0.481. The minimum absolute atomic E-state index is 0.149. The lowest BCUT2D eigenvalue weighted by atomic mass is 10.2. The predicted molar refractivity (Wildman–Crippen MR) is 70.0 cm³/mol. The molecule has 2 aromatic carbocycles. The zero-order chi connectivity index (χ0) is 13.7. The lowest BCUT2D eigenvalue weighted by molar-refractivity contribution is 0.270. The Balaban J connectivity index is 2.19. The van der Waals surface area contributed by atoms with E-state index < -0.39 is 12.4 Å². The average molecular weight is 262 g/mol. The van der Waals surface area contributed by atoms with Gasteiger partial charge in [0, 0.05) is 0 Å². The van der Waals surface area contributed by atoms with Crippen LogP contribution in [0.3, 0.4) is 0 Å². The Morgan fingerprint density at radius 2 is 1.74 bits per heavy atom. The van der Waals surface area contributed by atoms with Crippen LogP contribution in [-0.2, 0) is 6.61 Å². The Morgan fingerprint density at radius 1 is 1.05 bits per heavy atom. The summed E-state index contributed by atoms with van der Waals surface area (Å²) in [5.41, 5.74) is 0.149. The zero-order valence-electron chi connectivity index (χ0n) is 10.6. The predicted octanol–water partition coefficient (Wildman–Crippen LogP) is 3.51. The van der Waals surface area contributed by atoms with Crippen LogP contribution < -0.4 is 9.47 Å². The third kappa shape index (κ3) is 3.23. The van der Waals surface area contributed by atoms with Crippen molar-refractivity contribution in [3.8, 4) is 17.2 Å². The summed E-state index contributed by atoms with van der Waals surface area (Å²) in [6, 6.07) is 11.5. The van der Waals surface area contributed by atoms with Crippen LogP contribution in [0.15, 0.2) is 42.5 Å². The van der Waals surface area contributed by atoms with Gasteiger partial charge in [0.25, 0.3) is 0 Å². The fourth-order valence-corrected chi connectivity index (χ4v) is 1.69. The van der Waals surface area contributed by atoms with Crippen LogP contribution in [0.25, 0.3) is 0 Å². The van der Waals surface area contributed by atoms with Crippen molar-refractivity contribution in [3.63, 3.8) is 0 Å². The van der Waals surface area contributed by atoms with Crippen LogP contribution in [0.1, 0.15) is 12.5 Å². The largest absolute Gasteiger partial charge is 0.494 e. The summed E-state index contributed by atoms with van der Waals surface area (Å²) in [6.07, 6.45) is 0. The first-order valence-corrected chi connectivity index (χ1v) is 6.03. The maximum absolute atomic E-state index is 13.5. The van der Waals surface area contributed by atoms with Gasteiger partial charge < -0.3 is 14.6 Å². The lowest BCUT2D eigenvalue weighted by Gasteiger charge is -2.11. The van der Waals surface area contributed by atoms with Gasteiger partial charge in [-0.3, -0.25) is 0 Å². The smallest absolute Gasteiger partial charge is 0.135 e. The summed E-state index contributed by atoms with van der Waals surface area (Å²) in [4.78, 5) is 0. The molecule has 0 amide bonds. The molecule has 0 aromatic heterocycles. The Morgan fingerprint density at radius 3 is 2.37 bits per heavy atom. The van der Waals surface area contributed by atoms with Gasteiger partial charge in [-0.25, -0.2) is 4.39 Å². The van der Waals surface area contributed by atoms with Gasteiger partial charge in [0.15, 0.2) is 0 Å². The highest BCUT2D eigenvalue weighted by Gasteiger charge is 2.09. The molecule has 0 saturated carbocycles. The second-order valence-electron chi connectivity index (χ2n) is 3.88. The van der Waals surface area contributed by atoms with E-state index in [1.165, 1.54) is 6.07 Å². The Labute approximate surface area is 111 Å². The van der Waals surface area contributed by atoms with Crippen molar-refractivity contribution in [3.05, 3.63) is 53.8 Å². The average Bonchev–Trinajstić information content (AvgIpc) is 2.42. The summed E-state index contributed by atoms with van der Waals surface area (Å²) >= 11 is 0. The first kappa shape index (κ1) is 13.4. The summed E-state index contributed by atoms with van der Waals surface area (Å²) in [7, 11) is 0. The Kier molecular flexibility index (Phi) is 4.36. The molecule has 0 spiro atoms. The number of benzene rings is 2. The first-order valence-electron chi connectivity index (χ1n) is 6.03. The number of hydrogen-bond acceptors (Lipinski definition) is 3.